The van der Waals surface area contributed by atoms with Crippen molar-refractivity contribution in [3.8, 4) is 11.5 Å². The first-order valence-corrected chi connectivity index (χ1v) is 10.9. The Morgan fingerprint density at radius 3 is 2.56 bits per heavy atom. The van der Waals surface area contributed by atoms with Crippen molar-refractivity contribution in [2.75, 3.05) is 40.3 Å². The normalized spacial score (nSPS) is 17.6. The van der Waals surface area contributed by atoms with Crippen molar-refractivity contribution in [3.63, 3.8) is 0 Å². The standard InChI is InChI=1S/C23H38N4O4.HI/c1-17(30-20-12-8-7-11-19(20)29-6)14-25-21(24-5)26-15-18-10-9-13-27(16-18)22(28)31-23(2,3)4;/h7-8,11-12,17-18H,9-10,13-16H2,1-6H3,(H2,24,25,26);1H. The van der Waals surface area contributed by atoms with E-state index in [4.69, 9.17) is 14.2 Å². The van der Waals surface area contributed by atoms with Crippen LogP contribution < -0.4 is 20.1 Å². The molecule has 0 bridgehead atoms. The third-order valence-corrected chi connectivity index (χ3v) is 4.91. The summed E-state index contributed by atoms with van der Waals surface area (Å²) in [7, 11) is 3.38. The molecule has 0 saturated carbocycles. The Bertz CT molecular complexity index is 739. The van der Waals surface area contributed by atoms with Gasteiger partial charge < -0.3 is 29.7 Å². The molecule has 2 atom stereocenters. The van der Waals surface area contributed by atoms with Gasteiger partial charge in [0.15, 0.2) is 17.5 Å². The zero-order chi connectivity index (χ0) is 22.9. The fourth-order valence-electron chi connectivity index (χ4n) is 3.40. The fourth-order valence-corrected chi connectivity index (χ4v) is 3.40. The molecule has 1 aliphatic heterocycles. The Kier molecular flexibility index (Phi) is 11.9. The maximum atomic E-state index is 12.4. The third-order valence-electron chi connectivity index (χ3n) is 4.91. The van der Waals surface area contributed by atoms with Crippen LogP contribution in [0.25, 0.3) is 0 Å². The summed E-state index contributed by atoms with van der Waals surface area (Å²) in [6.45, 7) is 10.4. The number of ether oxygens (including phenoxy) is 3. The van der Waals surface area contributed by atoms with Gasteiger partial charge in [0.05, 0.1) is 13.7 Å². The molecule has 1 fully saturated rings. The van der Waals surface area contributed by atoms with Gasteiger partial charge in [0.2, 0.25) is 0 Å². The molecule has 2 unspecified atom stereocenters. The van der Waals surface area contributed by atoms with Crippen LogP contribution in [0, 0.1) is 5.92 Å². The number of nitrogens with zero attached hydrogens (tertiary/aromatic N) is 2. The van der Waals surface area contributed by atoms with Crippen LogP contribution in [0.15, 0.2) is 29.3 Å². The van der Waals surface area contributed by atoms with Crippen LogP contribution in [0.3, 0.4) is 0 Å². The fraction of sp³-hybridized carbons (Fsp3) is 0.652. The predicted octanol–water partition coefficient (Wildman–Crippen LogP) is 3.89. The van der Waals surface area contributed by atoms with Crippen LogP contribution in [0.4, 0.5) is 4.79 Å². The molecule has 1 heterocycles. The summed E-state index contributed by atoms with van der Waals surface area (Å²) in [6, 6.07) is 7.60. The minimum absolute atomic E-state index is 0. The molecular weight excluding hydrogens is 523 g/mol. The first-order chi connectivity index (χ1) is 14.7. The highest BCUT2D eigenvalue weighted by Gasteiger charge is 2.27. The maximum Gasteiger partial charge on any atom is 0.410 e. The first-order valence-electron chi connectivity index (χ1n) is 10.9. The van der Waals surface area contributed by atoms with E-state index in [1.54, 1.807) is 19.1 Å². The topological polar surface area (TPSA) is 84.4 Å². The van der Waals surface area contributed by atoms with Gasteiger partial charge in [-0.05, 0) is 58.6 Å². The lowest BCUT2D eigenvalue weighted by atomic mass is 9.98. The van der Waals surface area contributed by atoms with Gasteiger partial charge in [0.25, 0.3) is 0 Å². The van der Waals surface area contributed by atoms with Crippen molar-refractivity contribution in [3.05, 3.63) is 24.3 Å². The molecular formula is C23H39IN4O4. The smallest absolute Gasteiger partial charge is 0.410 e. The maximum absolute atomic E-state index is 12.4. The molecule has 2 rings (SSSR count). The van der Waals surface area contributed by atoms with Crippen molar-refractivity contribution < 1.29 is 19.0 Å². The first kappa shape index (κ1) is 28.1. The van der Waals surface area contributed by atoms with E-state index in [2.05, 4.69) is 15.6 Å². The van der Waals surface area contributed by atoms with Crippen LogP contribution >= 0.6 is 24.0 Å². The highest BCUT2D eigenvalue weighted by atomic mass is 127. The highest BCUT2D eigenvalue weighted by Crippen LogP contribution is 2.26. The second-order valence-electron chi connectivity index (χ2n) is 8.85. The van der Waals surface area contributed by atoms with E-state index in [9.17, 15) is 4.79 Å². The van der Waals surface area contributed by atoms with E-state index >= 15 is 0 Å². The number of likely N-dealkylation sites (tertiary alicyclic amines) is 1. The Labute approximate surface area is 209 Å². The second kappa shape index (κ2) is 13.6. The molecule has 1 aromatic carbocycles. The number of nitrogens with one attached hydrogen (secondary N) is 2. The van der Waals surface area contributed by atoms with Crippen LogP contribution in [-0.4, -0.2) is 69.0 Å². The van der Waals surface area contributed by atoms with Gasteiger partial charge in [-0.25, -0.2) is 4.79 Å². The minimum Gasteiger partial charge on any atom is -0.493 e. The number of methoxy groups -OCH3 is 1. The number of amides is 1. The number of guanidine groups is 1. The Balaban J connectivity index is 0.00000512. The quantitative estimate of drug-likeness (QED) is 0.298. The zero-order valence-electron chi connectivity index (χ0n) is 20.1. The van der Waals surface area contributed by atoms with Gasteiger partial charge >= 0.3 is 6.09 Å². The SMILES string of the molecule is CN=C(NCC1CCCN(C(=O)OC(C)(C)C)C1)NCC(C)Oc1ccccc1OC.I. The van der Waals surface area contributed by atoms with E-state index in [1.807, 2.05) is 52.0 Å². The number of aliphatic imine (C=N–C) groups is 1. The lowest BCUT2D eigenvalue weighted by molar-refractivity contribution is 0.0168. The molecule has 0 aliphatic carbocycles. The minimum atomic E-state index is -0.475. The molecule has 1 aliphatic rings. The Morgan fingerprint density at radius 1 is 1.25 bits per heavy atom. The van der Waals surface area contributed by atoms with Crippen LogP contribution in [0.2, 0.25) is 0 Å². The average molecular weight is 562 g/mol. The second-order valence-corrected chi connectivity index (χ2v) is 8.85. The zero-order valence-corrected chi connectivity index (χ0v) is 22.5. The molecule has 0 spiro atoms. The molecule has 0 radical (unpaired) electrons. The van der Waals surface area contributed by atoms with Gasteiger partial charge in [0.1, 0.15) is 11.7 Å². The number of piperidine rings is 1. The number of halogens is 1. The molecule has 182 valence electrons. The molecule has 32 heavy (non-hydrogen) atoms. The van der Waals surface area contributed by atoms with Crippen molar-refractivity contribution in [1.82, 2.24) is 15.5 Å². The molecule has 1 aromatic rings. The van der Waals surface area contributed by atoms with Gasteiger partial charge in [0, 0.05) is 26.7 Å². The largest absolute Gasteiger partial charge is 0.493 e. The van der Waals surface area contributed by atoms with Crippen molar-refractivity contribution in [2.24, 2.45) is 10.9 Å². The van der Waals surface area contributed by atoms with Gasteiger partial charge in [-0.2, -0.15) is 0 Å². The highest BCUT2D eigenvalue weighted by molar-refractivity contribution is 14.0. The van der Waals surface area contributed by atoms with Gasteiger partial charge in [-0.3, -0.25) is 4.99 Å². The lowest BCUT2D eigenvalue weighted by Crippen LogP contribution is -2.48. The Morgan fingerprint density at radius 2 is 1.94 bits per heavy atom. The number of rotatable bonds is 7. The number of hydrogen-bond donors (Lipinski definition) is 2. The summed E-state index contributed by atoms with van der Waals surface area (Å²) in [5, 5.41) is 6.67. The predicted molar refractivity (Wildman–Crippen MR) is 138 cm³/mol. The summed E-state index contributed by atoms with van der Waals surface area (Å²) in [5.74, 6) is 2.49. The summed E-state index contributed by atoms with van der Waals surface area (Å²) < 4.78 is 16.8. The number of hydrogen-bond acceptors (Lipinski definition) is 5. The lowest BCUT2D eigenvalue weighted by Gasteiger charge is -2.34. The average Bonchev–Trinajstić information content (AvgIpc) is 2.73. The van der Waals surface area contributed by atoms with Crippen LogP contribution in [0.1, 0.15) is 40.5 Å². The van der Waals surface area contributed by atoms with Crippen molar-refractivity contribution in [1.29, 1.82) is 0 Å². The number of para-hydroxylation sites is 2. The van der Waals surface area contributed by atoms with E-state index in [-0.39, 0.29) is 36.2 Å². The molecule has 1 saturated heterocycles. The van der Waals surface area contributed by atoms with E-state index in [0.717, 1.165) is 25.9 Å². The summed E-state index contributed by atoms with van der Waals surface area (Å²) in [6.07, 6.45) is 1.73. The van der Waals surface area contributed by atoms with Gasteiger partial charge in [-0.15, -0.1) is 24.0 Å². The van der Waals surface area contributed by atoms with E-state index < -0.39 is 5.60 Å². The summed E-state index contributed by atoms with van der Waals surface area (Å²) >= 11 is 0. The molecule has 2 N–H and O–H groups in total. The van der Waals surface area contributed by atoms with Crippen molar-refractivity contribution >= 4 is 36.0 Å². The van der Waals surface area contributed by atoms with Gasteiger partial charge in [-0.1, -0.05) is 12.1 Å². The molecule has 1 amide bonds. The van der Waals surface area contributed by atoms with Crippen LogP contribution in [-0.2, 0) is 4.74 Å². The number of carbonyl (C=O) groups is 1. The van der Waals surface area contributed by atoms with Crippen LogP contribution in [0.5, 0.6) is 11.5 Å². The van der Waals surface area contributed by atoms with Crippen molar-refractivity contribution in [2.45, 2.75) is 52.2 Å². The summed E-state index contributed by atoms with van der Waals surface area (Å²) in [4.78, 5) is 18.5. The molecule has 0 aromatic heterocycles. The monoisotopic (exact) mass is 562 g/mol. The van der Waals surface area contributed by atoms with E-state index in [0.29, 0.717) is 36.5 Å². The third kappa shape index (κ3) is 9.70. The molecule has 8 nitrogen and oxygen atoms in total. The van der Waals surface area contributed by atoms with E-state index in [1.165, 1.54) is 0 Å². The Hall–Kier alpha value is -1.91. The molecule has 9 heteroatoms. The number of benzene rings is 1. The number of carbonyl (C=O) groups excluding carboxylic acids is 1. The summed E-state index contributed by atoms with van der Waals surface area (Å²) in [5.41, 5.74) is -0.475.